The Bertz CT molecular complexity index is 1300. The van der Waals surface area contributed by atoms with E-state index in [-0.39, 0.29) is 5.91 Å². The monoisotopic (exact) mass is 517 g/mol. The van der Waals surface area contributed by atoms with Gasteiger partial charge in [-0.25, -0.2) is 4.98 Å². The lowest BCUT2D eigenvalue weighted by molar-refractivity contribution is 0.102. The van der Waals surface area contributed by atoms with Crippen molar-refractivity contribution in [1.29, 1.82) is 0 Å². The number of thiazole rings is 1. The van der Waals surface area contributed by atoms with Crippen molar-refractivity contribution in [2.24, 2.45) is 0 Å². The maximum absolute atomic E-state index is 12.8. The quantitative estimate of drug-likeness (QED) is 0.265. The van der Waals surface area contributed by atoms with Crippen LogP contribution in [0.15, 0.2) is 78.2 Å². The molecule has 3 aromatic carbocycles. The molecule has 1 aliphatic rings. The van der Waals surface area contributed by atoms with Gasteiger partial charge in [-0.15, -0.1) is 11.3 Å². The Kier molecular flexibility index (Phi) is 7.96. The number of anilines is 1. The summed E-state index contributed by atoms with van der Waals surface area (Å²) in [4.78, 5) is 19.8. The molecular weight excluding hydrogens is 490 g/mol. The number of carbonyl (C=O) groups excluding carboxylic acids is 1. The number of ether oxygens (including phenoxy) is 1. The Morgan fingerprint density at radius 1 is 1.00 bits per heavy atom. The van der Waals surface area contributed by atoms with Gasteiger partial charge in [-0.1, -0.05) is 54.1 Å². The van der Waals surface area contributed by atoms with E-state index in [1.54, 1.807) is 5.38 Å². The normalized spacial score (nSPS) is 13.6. The summed E-state index contributed by atoms with van der Waals surface area (Å²) in [6.07, 6.45) is 3.10. The molecule has 5 rings (SSSR count). The highest BCUT2D eigenvalue weighted by Gasteiger charge is 2.15. The summed E-state index contributed by atoms with van der Waals surface area (Å²) in [7, 11) is 0. The molecule has 1 fully saturated rings. The van der Waals surface area contributed by atoms with Gasteiger partial charge in [0.15, 0.2) is 0 Å². The third-order valence-corrected chi connectivity index (χ3v) is 7.29. The molecule has 184 valence electrons. The van der Waals surface area contributed by atoms with Crippen LogP contribution >= 0.6 is 22.9 Å². The minimum absolute atomic E-state index is 0.212. The standard InChI is InChI=1S/C29H28ClN3O2S/c30-24-10-13-27(35-19-22-6-2-1-3-7-22)23(16-24)17-28-32-26(20-36-28)29(34)31-25-11-8-21(9-12-25)18-33-14-4-5-15-33/h1-3,6-13,16,20H,4-5,14-15,17-19H2,(H,31,34). The first-order valence-electron chi connectivity index (χ1n) is 12.1. The summed E-state index contributed by atoms with van der Waals surface area (Å²) in [6, 6.07) is 23.7. The second kappa shape index (κ2) is 11.7. The molecule has 36 heavy (non-hydrogen) atoms. The highest BCUT2D eigenvalue weighted by Crippen LogP contribution is 2.27. The van der Waals surface area contributed by atoms with E-state index in [0.29, 0.717) is 23.7 Å². The van der Waals surface area contributed by atoms with Gasteiger partial charge in [0.25, 0.3) is 5.91 Å². The van der Waals surface area contributed by atoms with Crippen molar-refractivity contribution < 1.29 is 9.53 Å². The van der Waals surface area contributed by atoms with E-state index in [9.17, 15) is 4.79 Å². The van der Waals surface area contributed by atoms with Gasteiger partial charge in [0.05, 0.1) is 5.01 Å². The number of nitrogens with one attached hydrogen (secondary N) is 1. The van der Waals surface area contributed by atoms with Crippen LogP contribution in [0.25, 0.3) is 0 Å². The number of nitrogens with zero attached hydrogens (tertiary/aromatic N) is 2. The summed E-state index contributed by atoms with van der Waals surface area (Å²) in [6.45, 7) is 3.77. The third kappa shape index (κ3) is 6.52. The number of benzene rings is 3. The van der Waals surface area contributed by atoms with Gasteiger partial charge in [-0.3, -0.25) is 9.69 Å². The smallest absolute Gasteiger partial charge is 0.275 e. The van der Waals surface area contributed by atoms with Gasteiger partial charge in [0, 0.05) is 34.6 Å². The van der Waals surface area contributed by atoms with Crippen molar-refractivity contribution in [2.75, 3.05) is 18.4 Å². The molecule has 0 unspecified atom stereocenters. The van der Waals surface area contributed by atoms with Gasteiger partial charge in [0.1, 0.15) is 18.1 Å². The predicted octanol–water partition coefficient (Wildman–Crippen LogP) is 6.81. The van der Waals surface area contributed by atoms with Crippen LogP contribution in [0, 0.1) is 0 Å². The lowest BCUT2D eigenvalue weighted by Crippen LogP contribution is -2.18. The molecule has 0 radical (unpaired) electrons. The summed E-state index contributed by atoms with van der Waals surface area (Å²) in [5, 5.41) is 6.22. The summed E-state index contributed by atoms with van der Waals surface area (Å²) in [5.74, 6) is 0.551. The van der Waals surface area contributed by atoms with Crippen molar-refractivity contribution in [3.8, 4) is 5.75 Å². The molecule has 1 N–H and O–H groups in total. The maximum atomic E-state index is 12.8. The SMILES string of the molecule is O=C(Nc1ccc(CN2CCCC2)cc1)c1csc(Cc2cc(Cl)ccc2OCc2ccccc2)n1. The molecule has 0 saturated carbocycles. The Hall–Kier alpha value is -3.19. The molecule has 4 aromatic rings. The summed E-state index contributed by atoms with van der Waals surface area (Å²) < 4.78 is 6.07. The van der Waals surface area contributed by atoms with E-state index in [4.69, 9.17) is 16.3 Å². The van der Waals surface area contributed by atoms with E-state index in [1.807, 2.05) is 60.7 Å². The number of rotatable bonds is 9. The van der Waals surface area contributed by atoms with E-state index < -0.39 is 0 Å². The first-order chi connectivity index (χ1) is 17.6. The Balaban J connectivity index is 1.20. The molecule has 1 saturated heterocycles. The van der Waals surface area contributed by atoms with Crippen molar-refractivity contribution in [1.82, 2.24) is 9.88 Å². The molecule has 1 aliphatic heterocycles. The van der Waals surface area contributed by atoms with Gasteiger partial charge in [0.2, 0.25) is 0 Å². The number of hydrogen-bond acceptors (Lipinski definition) is 5. The largest absolute Gasteiger partial charge is 0.489 e. The molecule has 2 heterocycles. The number of amides is 1. The average Bonchev–Trinajstić information content (AvgIpc) is 3.58. The van der Waals surface area contributed by atoms with E-state index in [2.05, 4.69) is 27.3 Å². The lowest BCUT2D eigenvalue weighted by atomic mass is 10.1. The van der Waals surface area contributed by atoms with E-state index >= 15 is 0 Å². The van der Waals surface area contributed by atoms with Crippen molar-refractivity contribution in [3.63, 3.8) is 0 Å². The molecule has 0 spiro atoms. The molecule has 1 amide bonds. The minimum atomic E-state index is -0.212. The fourth-order valence-electron chi connectivity index (χ4n) is 4.31. The van der Waals surface area contributed by atoms with Crippen LogP contribution < -0.4 is 10.1 Å². The van der Waals surface area contributed by atoms with Crippen molar-refractivity contribution in [3.05, 3.63) is 111 Å². The number of aromatic nitrogens is 1. The van der Waals surface area contributed by atoms with Crippen LogP contribution in [0.2, 0.25) is 5.02 Å². The molecule has 1 aromatic heterocycles. The molecule has 0 bridgehead atoms. The van der Waals surface area contributed by atoms with Gasteiger partial charge in [-0.05, 0) is 67.4 Å². The second-order valence-corrected chi connectivity index (χ2v) is 10.3. The molecule has 0 atom stereocenters. The van der Waals surface area contributed by atoms with Crippen LogP contribution in [-0.2, 0) is 19.6 Å². The van der Waals surface area contributed by atoms with Gasteiger partial charge in [-0.2, -0.15) is 0 Å². The Morgan fingerprint density at radius 2 is 1.78 bits per heavy atom. The first kappa shape index (κ1) is 24.5. The van der Waals surface area contributed by atoms with Crippen LogP contribution in [0.4, 0.5) is 5.69 Å². The van der Waals surface area contributed by atoms with Crippen molar-refractivity contribution >= 4 is 34.5 Å². The van der Waals surface area contributed by atoms with Crippen molar-refractivity contribution in [2.45, 2.75) is 32.4 Å². The molecular formula is C29H28ClN3O2S. The number of carbonyl (C=O) groups is 1. The lowest BCUT2D eigenvalue weighted by Gasteiger charge is -2.14. The van der Waals surface area contributed by atoms with E-state index in [0.717, 1.165) is 34.1 Å². The summed E-state index contributed by atoms with van der Waals surface area (Å²) in [5.41, 5.74) is 4.47. The highest BCUT2D eigenvalue weighted by molar-refractivity contribution is 7.09. The Labute approximate surface area is 220 Å². The number of halogens is 1. The van der Waals surface area contributed by atoms with E-state index in [1.165, 1.54) is 42.8 Å². The average molecular weight is 518 g/mol. The molecule has 7 heteroatoms. The van der Waals surface area contributed by atoms with Crippen LogP contribution in [0.3, 0.4) is 0 Å². The fourth-order valence-corrected chi connectivity index (χ4v) is 5.30. The first-order valence-corrected chi connectivity index (χ1v) is 13.4. The number of hydrogen-bond donors (Lipinski definition) is 1. The fraction of sp³-hybridized carbons (Fsp3) is 0.241. The third-order valence-electron chi connectivity index (χ3n) is 6.20. The predicted molar refractivity (Wildman–Crippen MR) is 146 cm³/mol. The summed E-state index contributed by atoms with van der Waals surface area (Å²) >= 11 is 7.72. The zero-order valence-corrected chi connectivity index (χ0v) is 21.5. The van der Waals surface area contributed by atoms with Crippen LogP contribution in [-0.4, -0.2) is 28.9 Å². The molecule has 5 nitrogen and oxygen atoms in total. The second-order valence-electron chi connectivity index (χ2n) is 8.96. The van der Waals surface area contributed by atoms with Gasteiger partial charge < -0.3 is 10.1 Å². The number of likely N-dealkylation sites (tertiary alicyclic amines) is 1. The minimum Gasteiger partial charge on any atom is -0.489 e. The maximum Gasteiger partial charge on any atom is 0.275 e. The molecule has 0 aliphatic carbocycles. The van der Waals surface area contributed by atoms with Crippen LogP contribution in [0.1, 0.15) is 45.0 Å². The zero-order chi connectivity index (χ0) is 24.7. The Morgan fingerprint density at radius 3 is 2.56 bits per heavy atom. The van der Waals surface area contributed by atoms with Gasteiger partial charge >= 0.3 is 0 Å². The topological polar surface area (TPSA) is 54.5 Å². The highest BCUT2D eigenvalue weighted by atomic mass is 35.5. The van der Waals surface area contributed by atoms with Crippen LogP contribution in [0.5, 0.6) is 5.75 Å². The zero-order valence-electron chi connectivity index (χ0n) is 20.0.